The number of hydrogen-bond acceptors (Lipinski definition) is 3. The second-order valence-corrected chi connectivity index (χ2v) is 6.59. The average Bonchev–Trinajstić information content (AvgIpc) is 2.53. The van der Waals surface area contributed by atoms with Crippen molar-refractivity contribution in [2.45, 2.75) is 39.5 Å². The maximum atomic E-state index is 13.3. The molecule has 0 fully saturated rings. The fraction of sp³-hybridized carbons (Fsp3) is 0.474. The Bertz CT molecular complexity index is 673. The van der Waals surface area contributed by atoms with Gasteiger partial charge in [-0.05, 0) is 37.5 Å². The van der Waals surface area contributed by atoms with Gasteiger partial charge in [-0.2, -0.15) is 0 Å². The Balaban J connectivity index is 2.18. The van der Waals surface area contributed by atoms with E-state index in [1.165, 1.54) is 12.1 Å². The number of ether oxygens (including phenoxy) is 1. The van der Waals surface area contributed by atoms with Gasteiger partial charge >= 0.3 is 0 Å². The van der Waals surface area contributed by atoms with E-state index in [2.05, 4.69) is 4.99 Å². The van der Waals surface area contributed by atoms with Gasteiger partial charge in [-0.1, -0.05) is 26.0 Å². The molecule has 0 aromatic heterocycles. The molecule has 4 heteroatoms. The molecule has 1 aromatic carbocycles. The van der Waals surface area contributed by atoms with Crippen LogP contribution in [-0.4, -0.2) is 18.2 Å². The van der Waals surface area contributed by atoms with Crippen molar-refractivity contribution in [1.82, 2.24) is 0 Å². The number of ketones is 1. The Morgan fingerprint density at radius 3 is 2.61 bits per heavy atom. The maximum absolute atomic E-state index is 13.3. The maximum Gasteiger partial charge on any atom is 0.193 e. The average molecular weight is 315 g/mol. The van der Waals surface area contributed by atoms with E-state index in [9.17, 15) is 9.18 Å². The minimum atomic E-state index is -0.268. The molecule has 3 rings (SSSR count). The monoisotopic (exact) mass is 315 g/mol. The zero-order chi connectivity index (χ0) is 16.6. The van der Waals surface area contributed by atoms with Crippen LogP contribution in [0.2, 0.25) is 0 Å². The summed E-state index contributed by atoms with van der Waals surface area (Å²) in [4.78, 5) is 16.9. The Hall–Kier alpha value is -1.97. The van der Waals surface area contributed by atoms with Crippen molar-refractivity contribution in [2.24, 2.45) is 16.8 Å². The summed E-state index contributed by atoms with van der Waals surface area (Å²) >= 11 is 0. The van der Waals surface area contributed by atoms with Gasteiger partial charge in [-0.15, -0.1) is 0 Å². The standard InChI is InChI=1S/C19H22FNO2/c1-11(2)18-16(12(3)22)17(13-6-8-14(20)9-7-13)15-5-4-10-21-19(15)23-18/h6-9,11,15,17H,4-5,10H2,1-3H3. The number of allylic oxidation sites excluding steroid dienone is 2. The van der Waals surface area contributed by atoms with Crippen LogP contribution in [0.4, 0.5) is 4.39 Å². The van der Waals surface area contributed by atoms with E-state index in [1.54, 1.807) is 19.1 Å². The summed E-state index contributed by atoms with van der Waals surface area (Å²) in [5, 5.41) is 0. The molecule has 2 unspecified atom stereocenters. The zero-order valence-corrected chi connectivity index (χ0v) is 13.8. The number of aliphatic imine (C=N–C) groups is 1. The molecule has 122 valence electrons. The van der Waals surface area contributed by atoms with Crippen LogP contribution in [-0.2, 0) is 9.53 Å². The van der Waals surface area contributed by atoms with E-state index < -0.39 is 0 Å². The molecule has 1 aromatic rings. The van der Waals surface area contributed by atoms with Crippen molar-refractivity contribution < 1.29 is 13.9 Å². The lowest BCUT2D eigenvalue weighted by molar-refractivity contribution is -0.114. The molecule has 0 saturated carbocycles. The van der Waals surface area contributed by atoms with Gasteiger partial charge in [0, 0.05) is 29.9 Å². The second-order valence-electron chi connectivity index (χ2n) is 6.59. The molecule has 23 heavy (non-hydrogen) atoms. The summed E-state index contributed by atoms with van der Waals surface area (Å²) in [6, 6.07) is 6.46. The lowest BCUT2D eigenvalue weighted by Crippen LogP contribution is -2.36. The number of carbonyl (C=O) groups excluding carboxylic acids is 1. The van der Waals surface area contributed by atoms with Crippen molar-refractivity contribution in [3.05, 3.63) is 47.0 Å². The second kappa shape index (κ2) is 6.26. The summed E-state index contributed by atoms with van der Waals surface area (Å²) in [7, 11) is 0. The first kappa shape index (κ1) is 15.9. The Labute approximate surface area is 136 Å². The van der Waals surface area contributed by atoms with Crippen LogP contribution in [0.3, 0.4) is 0 Å². The molecule has 0 bridgehead atoms. The van der Waals surface area contributed by atoms with Gasteiger partial charge in [-0.25, -0.2) is 4.39 Å². The van der Waals surface area contributed by atoms with Crippen LogP contribution in [0.5, 0.6) is 0 Å². The molecule has 0 aliphatic carbocycles. The van der Waals surface area contributed by atoms with Gasteiger partial charge in [0.1, 0.15) is 11.6 Å². The van der Waals surface area contributed by atoms with E-state index in [1.807, 2.05) is 13.8 Å². The van der Waals surface area contributed by atoms with Crippen molar-refractivity contribution in [2.75, 3.05) is 6.54 Å². The highest BCUT2D eigenvalue weighted by atomic mass is 19.1. The minimum absolute atomic E-state index is 0.0210. The van der Waals surface area contributed by atoms with Crippen LogP contribution < -0.4 is 0 Å². The molecular formula is C19H22FNO2. The smallest absolute Gasteiger partial charge is 0.193 e. The number of nitrogens with zero attached hydrogens (tertiary/aromatic N) is 1. The number of benzene rings is 1. The van der Waals surface area contributed by atoms with Gasteiger partial charge in [0.25, 0.3) is 0 Å². The number of hydrogen-bond donors (Lipinski definition) is 0. The van der Waals surface area contributed by atoms with Crippen LogP contribution in [0.15, 0.2) is 40.6 Å². The Morgan fingerprint density at radius 2 is 2.00 bits per heavy atom. The largest absolute Gasteiger partial charge is 0.447 e. The molecular weight excluding hydrogens is 293 g/mol. The van der Waals surface area contributed by atoms with E-state index in [-0.39, 0.29) is 29.4 Å². The molecule has 2 heterocycles. The lowest BCUT2D eigenvalue weighted by Gasteiger charge is -2.38. The van der Waals surface area contributed by atoms with E-state index in [0.29, 0.717) is 5.76 Å². The summed E-state index contributed by atoms with van der Waals surface area (Å²) in [6.07, 6.45) is 1.92. The topological polar surface area (TPSA) is 38.7 Å². The first-order chi connectivity index (χ1) is 11.0. The van der Waals surface area contributed by atoms with Gasteiger partial charge in [0.15, 0.2) is 11.7 Å². The fourth-order valence-electron chi connectivity index (χ4n) is 3.57. The zero-order valence-electron chi connectivity index (χ0n) is 13.8. The summed E-state index contributed by atoms with van der Waals surface area (Å²) in [5.74, 6) is 1.27. The number of carbonyl (C=O) groups is 1. The lowest BCUT2D eigenvalue weighted by atomic mass is 9.73. The van der Waals surface area contributed by atoms with E-state index in [0.717, 1.165) is 36.4 Å². The van der Waals surface area contributed by atoms with E-state index in [4.69, 9.17) is 4.74 Å². The van der Waals surface area contributed by atoms with E-state index >= 15 is 0 Å². The normalized spacial score (nSPS) is 24.1. The van der Waals surface area contributed by atoms with Gasteiger partial charge in [-0.3, -0.25) is 9.79 Å². The van der Waals surface area contributed by atoms with Gasteiger partial charge in [0.05, 0.1) is 0 Å². The van der Waals surface area contributed by atoms with Crippen LogP contribution >= 0.6 is 0 Å². The summed E-state index contributed by atoms with van der Waals surface area (Å²) in [6.45, 7) is 6.39. The molecule has 0 saturated heterocycles. The highest BCUT2D eigenvalue weighted by Crippen LogP contribution is 2.44. The van der Waals surface area contributed by atoms with Crippen molar-refractivity contribution in [3.8, 4) is 0 Å². The molecule has 0 amide bonds. The van der Waals surface area contributed by atoms with Crippen LogP contribution in [0.1, 0.15) is 45.1 Å². The third-order valence-corrected chi connectivity index (χ3v) is 4.58. The van der Waals surface area contributed by atoms with Crippen LogP contribution in [0.25, 0.3) is 0 Å². The molecule has 2 aliphatic heterocycles. The highest BCUT2D eigenvalue weighted by molar-refractivity contribution is 5.99. The Morgan fingerprint density at radius 1 is 1.30 bits per heavy atom. The van der Waals surface area contributed by atoms with Crippen molar-refractivity contribution in [1.29, 1.82) is 0 Å². The number of fused-ring (bicyclic) bond motifs is 1. The molecule has 2 aliphatic rings. The molecule has 0 radical (unpaired) electrons. The number of rotatable bonds is 3. The number of halogens is 1. The van der Waals surface area contributed by atoms with Crippen molar-refractivity contribution >= 4 is 11.7 Å². The quantitative estimate of drug-likeness (QED) is 0.836. The van der Waals surface area contributed by atoms with Crippen molar-refractivity contribution in [3.63, 3.8) is 0 Å². The number of Topliss-reactive ketones (excluding diaryl/α,β-unsaturated/α-hetero) is 1. The SMILES string of the molecule is CC(=O)C1=C(C(C)C)OC2=NCCCC2C1c1ccc(F)cc1. The molecule has 0 spiro atoms. The van der Waals surface area contributed by atoms with Gasteiger partial charge < -0.3 is 4.74 Å². The molecule has 0 N–H and O–H groups in total. The minimum Gasteiger partial charge on any atom is -0.447 e. The third kappa shape index (κ3) is 2.94. The predicted molar refractivity (Wildman–Crippen MR) is 87.8 cm³/mol. The molecule has 3 nitrogen and oxygen atoms in total. The summed E-state index contributed by atoms with van der Waals surface area (Å²) in [5.41, 5.74) is 1.68. The summed E-state index contributed by atoms with van der Waals surface area (Å²) < 4.78 is 19.4. The molecule has 2 atom stereocenters. The van der Waals surface area contributed by atoms with Crippen LogP contribution in [0, 0.1) is 17.7 Å². The first-order valence-electron chi connectivity index (χ1n) is 8.21. The highest BCUT2D eigenvalue weighted by Gasteiger charge is 2.41. The fourth-order valence-corrected chi connectivity index (χ4v) is 3.57. The van der Waals surface area contributed by atoms with Gasteiger partial charge in [0.2, 0.25) is 0 Å². The third-order valence-electron chi connectivity index (χ3n) is 4.58. The predicted octanol–water partition coefficient (Wildman–Crippen LogP) is 4.25. The Kier molecular flexibility index (Phi) is 4.33. The first-order valence-corrected chi connectivity index (χ1v) is 8.21.